The topological polar surface area (TPSA) is 44.8 Å². The zero-order valence-electron chi connectivity index (χ0n) is 12.5. The van der Waals surface area contributed by atoms with Crippen LogP contribution >= 0.6 is 11.6 Å². The number of allylic oxidation sites excluding steroid dienone is 1. The number of hydrogen-bond donors (Lipinski definition) is 0. The van der Waals surface area contributed by atoms with Gasteiger partial charge in [-0.3, -0.25) is 4.79 Å². The number of halogens is 1. The highest BCUT2D eigenvalue weighted by Gasteiger charge is 2.29. The van der Waals surface area contributed by atoms with Crippen molar-refractivity contribution in [3.63, 3.8) is 0 Å². The number of hydrogen-bond acceptors (Lipinski definition) is 4. The van der Waals surface area contributed by atoms with E-state index >= 15 is 0 Å². The maximum Gasteiger partial charge on any atom is 0.231 e. The summed E-state index contributed by atoms with van der Waals surface area (Å²) in [5, 5.41) is 0.332. The third kappa shape index (κ3) is 3.03. The van der Waals surface area contributed by atoms with Gasteiger partial charge in [-0.1, -0.05) is 48.0 Å². The fourth-order valence-electron chi connectivity index (χ4n) is 2.34. The Bertz CT molecular complexity index is 740. The molecule has 1 aliphatic rings. The molecule has 1 heterocycles. The first-order chi connectivity index (χ1) is 11.2. The molecule has 0 fully saturated rings. The third-order valence-electron chi connectivity index (χ3n) is 3.44. The first kappa shape index (κ1) is 15.4. The summed E-state index contributed by atoms with van der Waals surface area (Å²) in [6.45, 7) is 1.93. The van der Waals surface area contributed by atoms with E-state index in [0.717, 1.165) is 0 Å². The summed E-state index contributed by atoms with van der Waals surface area (Å²) in [5.74, 6) is 0.833. The van der Waals surface area contributed by atoms with Gasteiger partial charge < -0.3 is 14.2 Å². The fourth-order valence-corrected chi connectivity index (χ4v) is 2.65. The molecule has 0 spiro atoms. The molecule has 4 nitrogen and oxygen atoms in total. The van der Waals surface area contributed by atoms with E-state index in [2.05, 4.69) is 0 Å². The molecule has 118 valence electrons. The molecule has 3 rings (SSSR count). The fraction of sp³-hybridized carbons (Fsp3) is 0.167. The average Bonchev–Trinajstić information content (AvgIpc) is 3.07. The number of carbonyl (C=O) groups is 1. The van der Waals surface area contributed by atoms with Gasteiger partial charge >= 0.3 is 0 Å². The second kappa shape index (κ2) is 6.75. The van der Waals surface area contributed by atoms with Crippen LogP contribution < -0.4 is 9.47 Å². The number of benzene rings is 2. The van der Waals surface area contributed by atoms with Crippen LogP contribution in [0.3, 0.4) is 0 Å². The van der Waals surface area contributed by atoms with Crippen LogP contribution in [0.25, 0.3) is 0 Å². The van der Waals surface area contributed by atoms with Crippen molar-refractivity contribution < 1.29 is 19.0 Å². The minimum Gasteiger partial charge on any atom is -0.485 e. The Kier molecular flexibility index (Phi) is 4.53. The van der Waals surface area contributed by atoms with Gasteiger partial charge in [-0.05, 0) is 19.1 Å². The number of fused-ring (bicyclic) bond motifs is 1. The van der Waals surface area contributed by atoms with Crippen LogP contribution in [0.4, 0.5) is 0 Å². The van der Waals surface area contributed by atoms with Gasteiger partial charge in [-0.25, -0.2) is 0 Å². The second-order valence-electron chi connectivity index (χ2n) is 4.92. The van der Waals surface area contributed by atoms with E-state index in [4.69, 9.17) is 25.8 Å². The first-order valence-electron chi connectivity index (χ1n) is 7.16. The molecule has 2 aromatic rings. The Morgan fingerprint density at radius 1 is 1.22 bits per heavy atom. The Balaban J connectivity index is 2.01. The summed E-state index contributed by atoms with van der Waals surface area (Å²) in [4.78, 5) is 12.8. The molecule has 0 amide bonds. The summed E-state index contributed by atoms with van der Waals surface area (Å²) < 4.78 is 16.3. The second-order valence-corrected chi connectivity index (χ2v) is 5.30. The largest absolute Gasteiger partial charge is 0.485 e. The molecule has 1 aliphatic heterocycles. The summed E-state index contributed by atoms with van der Waals surface area (Å²) >= 11 is 6.40. The van der Waals surface area contributed by atoms with Crippen LogP contribution in [0.2, 0.25) is 5.02 Å². The molecule has 0 N–H and O–H groups in total. The van der Waals surface area contributed by atoms with Crippen LogP contribution in [0.5, 0.6) is 11.5 Å². The van der Waals surface area contributed by atoms with Crippen LogP contribution in [0, 0.1) is 0 Å². The first-order valence-corrected chi connectivity index (χ1v) is 7.54. The van der Waals surface area contributed by atoms with Crippen molar-refractivity contribution in [2.45, 2.75) is 13.0 Å². The average molecular weight is 331 g/mol. The number of ketones is 1. The molecular weight excluding hydrogens is 316 g/mol. The van der Waals surface area contributed by atoms with E-state index in [-0.39, 0.29) is 12.6 Å². The van der Waals surface area contributed by atoms with E-state index in [1.54, 1.807) is 42.5 Å². The minimum absolute atomic E-state index is 0.117. The lowest BCUT2D eigenvalue weighted by atomic mass is 9.99. The summed E-state index contributed by atoms with van der Waals surface area (Å²) in [7, 11) is 0. The lowest BCUT2D eigenvalue weighted by Crippen LogP contribution is -2.15. The zero-order valence-corrected chi connectivity index (χ0v) is 13.2. The predicted octanol–water partition coefficient (Wildman–Crippen LogP) is 4.54. The van der Waals surface area contributed by atoms with Crippen molar-refractivity contribution in [3.05, 3.63) is 71.0 Å². The van der Waals surface area contributed by atoms with Crippen LogP contribution in [-0.2, 0) is 4.74 Å². The highest BCUT2D eigenvalue weighted by atomic mass is 35.5. The van der Waals surface area contributed by atoms with Crippen LogP contribution in [0.15, 0.2) is 54.8 Å². The number of Topliss-reactive ketones (excluding diaryl/α,β-unsaturated/α-hetero) is 1. The Hall–Kier alpha value is -2.46. The van der Waals surface area contributed by atoms with Crippen molar-refractivity contribution in [1.29, 1.82) is 0 Å². The van der Waals surface area contributed by atoms with Gasteiger partial charge in [0.05, 0.1) is 11.3 Å². The minimum atomic E-state index is -0.851. The van der Waals surface area contributed by atoms with Crippen molar-refractivity contribution in [2.24, 2.45) is 0 Å². The Morgan fingerprint density at radius 3 is 2.74 bits per heavy atom. The van der Waals surface area contributed by atoms with Gasteiger partial charge in [-0.15, -0.1) is 0 Å². The van der Waals surface area contributed by atoms with Crippen molar-refractivity contribution >= 4 is 17.4 Å². The van der Waals surface area contributed by atoms with Gasteiger partial charge in [0.2, 0.25) is 12.6 Å². The highest BCUT2D eigenvalue weighted by molar-refractivity contribution is 6.33. The molecule has 23 heavy (non-hydrogen) atoms. The lowest BCUT2D eigenvalue weighted by Gasteiger charge is -2.18. The third-order valence-corrected chi connectivity index (χ3v) is 3.83. The zero-order chi connectivity index (χ0) is 16.2. The van der Waals surface area contributed by atoms with Gasteiger partial charge in [-0.2, -0.15) is 0 Å². The summed E-state index contributed by atoms with van der Waals surface area (Å²) in [5.41, 5.74) is 1.10. The summed E-state index contributed by atoms with van der Waals surface area (Å²) in [6, 6.07) is 12.4. The highest BCUT2D eigenvalue weighted by Crippen LogP contribution is 2.43. The van der Waals surface area contributed by atoms with Gasteiger partial charge in [0.15, 0.2) is 17.6 Å². The predicted molar refractivity (Wildman–Crippen MR) is 87.0 cm³/mol. The molecule has 1 unspecified atom stereocenters. The molecular formula is C18H15ClO4. The monoisotopic (exact) mass is 330 g/mol. The van der Waals surface area contributed by atoms with Crippen molar-refractivity contribution in [2.75, 3.05) is 6.79 Å². The molecule has 1 atom stereocenters. The number of carbonyl (C=O) groups excluding carboxylic acids is 1. The quantitative estimate of drug-likeness (QED) is 0.596. The SMILES string of the molecule is CC=COC(C(=O)c1ccccc1)c1ccc2c(c1Cl)OCO2. The Labute approximate surface area is 139 Å². The number of rotatable bonds is 5. The van der Waals surface area contributed by atoms with E-state index in [1.165, 1.54) is 6.26 Å². The summed E-state index contributed by atoms with van der Waals surface area (Å²) in [6.07, 6.45) is 2.34. The molecule has 0 saturated carbocycles. The standard InChI is InChI=1S/C18H15ClO4/c1-2-10-21-17(16(20)12-6-4-3-5-7-12)13-8-9-14-18(15(13)19)23-11-22-14/h2-10,17H,11H2,1H3. The van der Waals surface area contributed by atoms with Gasteiger partial charge in [0.25, 0.3) is 0 Å². The van der Waals surface area contributed by atoms with E-state index in [1.807, 2.05) is 13.0 Å². The smallest absolute Gasteiger partial charge is 0.231 e. The van der Waals surface area contributed by atoms with Gasteiger partial charge in [0, 0.05) is 11.1 Å². The van der Waals surface area contributed by atoms with Crippen LogP contribution in [0.1, 0.15) is 28.9 Å². The lowest BCUT2D eigenvalue weighted by molar-refractivity contribution is 0.0703. The van der Waals surface area contributed by atoms with Crippen molar-refractivity contribution in [3.8, 4) is 11.5 Å². The normalized spacial score (nSPS) is 14.0. The molecule has 0 radical (unpaired) electrons. The van der Waals surface area contributed by atoms with Crippen LogP contribution in [-0.4, -0.2) is 12.6 Å². The molecule has 5 heteroatoms. The molecule has 0 aliphatic carbocycles. The van der Waals surface area contributed by atoms with E-state index < -0.39 is 6.10 Å². The number of ether oxygens (including phenoxy) is 3. The van der Waals surface area contributed by atoms with Crippen molar-refractivity contribution in [1.82, 2.24) is 0 Å². The molecule has 0 bridgehead atoms. The molecule has 0 aromatic heterocycles. The van der Waals surface area contributed by atoms with E-state index in [9.17, 15) is 4.79 Å². The maximum atomic E-state index is 12.8. The maximum absolute atomic E-state index is 12.8. The van der Waals surface area contributed by atoms with Gasteiger partial charge in [0.1, 0.15) is 0 Å². The molecule has 0 saturated heterocycles. The Morgan fingerprint density at radius 2 is 2.00 bits per heavy atom. The molecule has 2 aromatic carbocycles. The van der Waals surface area contributed by atoms with E-state index in [0.29, 0.717) is 27.6 Å².